The molecule has 0 fully saturated rings. The van der Waals surface area contributed by atoms with Crippen LogP contribution in [0.5, 0.6) is 0 Å². The molecule has 0 radical (unpaired) electrons. The van der Waals surface area contributed by atoms with E-state index in [0.717, 1.165) is 11.3 Å². The van der Waals surface area contributed by atoms with Crippen LogP contribution in [0.1, 0.15) is 27.2 Å². The first-order chi connectivity index (χ1) is 13.6. The van der Waals surface area contributed by atoms with Crippen molar-refractivity contribution in [2.24, 2.45) is 0 Å². The Hall–Kier alpha value is -3.16. The van der Waals surface area contributed by atoms with Crippen LogP contribution < -0.4 is 5.32 Å². The quantitative estimate of drug-likeness (QED) is 0.657. The molecule has 3 aromatic rings. The summed E-state index contributed by atoms with van der Waals surface area (Å²) in [5, 5.41) is 12.2. The molecule has 3 rings (SSSR count). The van der Waals surface area contributed by atoms with Crippen LogP contribution in [0.25, 0.3) is 11.3 Å². The Morgan fingerprint density at radius 1 is 1.21 bits per heavy atom. The van der Waals surface area contributed by atoms with Crippen LogP contribution in [-0.2, 0) is 24.5 Å². The van der Waals surface area contributed by atoms with Crippen LogP contribution in [0.2, 0.25) is 0 Å². The largest absolute Gasteiger partial charge is 0.392 e. The monoisotopic (exact) mass is 381 g/mol. The zero-order valence-corrected chi connectivity index (χ0v) is 15.4. The van der Waals surface area contributed by atoms with Gasteiger partial charge < -0.3 is 15.2 Å². The highest BCUT2D eigenvalue weighted by atomic mass is 19.1. The highest BCUT2D eigenvalue weighted by Crippen LogP contribution is 2.24. The average Bonchev–Trinajstić information content (AvgIpc) is 2.73. The summed E-state index contributed by atoms with van der Waals surface area (Å²) in [6, 6.07) is 11.3. The van der Waals surface area contributed by atoms with Gasteiger partial charge in [0, 0.05) is 37.2 Å². The minimum atomic E-state index is -0.628. The van der Waals surface area contributed by atoms with Gasteiger partial charge in [0.1, 0.15) is 5.82 Å². The predicted molar refractivity (Wildman–Crippen MR) is 102 cm³/mol. The second kappa shape index (κ2) is 9.16. The Labute approximate surface area is 162 Å². The number of halogens is 1. The summed E-state index contributed by atoms with van der Waals surface area (Å²) in [5.41, 5.74) is 3.15. The molecule has 28 heavy (non-hydrogen) atoms. The van der Waals surface area contributed by atoms with E-state index >= 15 is 0 Å². The molecule has 1 amide bonds. The van der Waals surface area contributed by atoms with Crippen LogP contribution in [0.4, 0.5) is 4.39 Å². The second-order valence-electron chi connectivity index (χ2n) is 6.14. The number of aromatic nitrogens is 2. The Bertz CT molecular complexity index is 961. The number of carbonyl (C=O) groups is 1. The van der Waals surface area contributed by atoms with Gasteiger partial charge in [-0.2, -0.15) is 0 Å². The fourth-order valence-electron chi connectivity index (χ4n) is 2.74. The van der Waals surface area contributed by atoms with Gasteiger partial charge in [-0.1, -0.05) is 12.1 Å². The number of hydrogen-bond donors (Lipinski definition) is 2. The maximum atomic E-state index is 14.2. The molecule has 0 unspecified atom stereocenters. The lowest BCUT2D eigenvalue weighted by atomic mass is 10.0. The van der Waals surface area contributed by atoms with Crippen molar-refractivity contribution in [3.63, 3.8) is 0 Å². The van der Waals surface area contributed by atoms with E-state index in [-0.39, 0.29) is 18.7 Å². The number of nitrogens with one attached hydrogen (secondary N) is 1. The molecule has 0 aliphatic carbocycles. The summed E-state index contributed by atoms with van der Waals surface area (Å²) in [6.07, 6.45) is 3.22. The number of ether oxygens (including phenoxy) is 1. The van der Waals surface area contributed by atoms with E-state index in [1.165, 1.54) is 18.2 Å². The van der Waals surface area contributed by atoms with Crippen molar-refractivity contribution in [3.05, 3.63) is 83.1 Å². The number of hydrogen-bond acceptors (Lipinski definition) is 5. The zero-order chi connectivity index (χ0) is 19.9. The average molecular weight is 381 g/mol. The highest BCUT2D eigenvalue weighted by molar-refractivity contribution is 5.95. The fourth-order valence-corrected chi connectivity index (χ4v) is 2.74. The number of aliphatic hydroxyl groups is 1. The van der Waals surface area contributed by atoms with Crippen molar-refractivity contribution in [2.75, 3.05) is 7.11 Å². The molecular formula is C21H20FN3O3. The molecule has 2 N–H and O–H groups in total. The first-order valence-electron chi connectivity index (χ1n) is 8.68. The maximum Gasteiger partial charge on any atom is 0.254 e. The van der Waals surface area contributed by atoms with Crippen molar-refractivity contribution in [1.29, 1.82) is 0 Å². The van der Waals surface area contributed by atoms with Crippen molar-refractivity contribution in [2.45, 2.75) is 19.8 Å². The highest BCUT2D eigenvalue weighted by Gasteiger charge is 2.15. The normalized spacial score (nSPS) is 10.7. The summed E-state index contributed by atoms with van der Waals surface area (Å²) in [4.78, 5) is 20.9. The van der Waals surface area contributed by atoms with Crippen LogP contribution in [0.3, 0.4) is 0 Å². The summed E-state index contributed by atoms with van der Waals surface area (Å²) in [6.45, 7) is 0.427. The van der Waals surface area contributed by atoms with Gasteiger partial charge >= 0.3 is 0 Å². The minimum absolute atomic E-state index is 0.0870. The van der Waals surface area contributed by atoms with Crippen molar-refractivity contribution in [1.82, 2.24) is 15.3 Å². The number of carbonyl (C=O) groups excluding carboxylic acids is 1. The van der Waals surface area contributed by atoms with Crippen molar-refractivity contribution in [3.8, 4) is 11.3 Å². The van der Waals surface area contributed by atoms with E-state index in [4.69, 9.17) is 4.74 Å². The van der Waals surface area contributed by atoms with Gasteiger partial charge in [0.05, 0.1) is 30.2 Å². The minimum Gasteiger partial charge on any atom is -0.392 e. The molecule has 0 saturated carbocycles. The topological polar surface area (TPSA) is 84.3 Å². The molecule has 0 bridgehead atoms. The Morgan fingerprint density at radius 2 is 2.07 bits per heavy atom. The molecule has 1 aromatic carbocycles. The van der Waals surface area contributed by atoms with Crippen LogP contribution in [0.15, 0.2) is 54.9 Å². The Kier molecular flexibility index (Phi) is 6.41. The van der Waals surface area contributed by atoms with Crippen LogP contribution in [-0.4, -0.2) is 28.1 Å². The third-order valence-corrected chi connectivity index (χ3v) is 4.18. The van der Waals surface area contributed by atoms with Gasteiger partial charge in [-0.15, -0.1) is 0 Å². The van der Waals surface area contributed by atoms with E-state index in [0.29, 0.717) is 23.4 Å². The summed E-state index contributed by atoms with van der Waals surface area (Å²) in [5.74, 6) is -1.17. The zero-order valence-electron chi connectivity index (χ0n) is 15.4. The lowest BCUT2D eigenvalue weighted by Crippen LogP contribution is -2.24. The third kappa shape index (κ3) is 4.57. The van der Waals surface area contributed by atoms with Gasteiger partial charge in [-0.25, -0.2) is 4.39 Å². The van der Waals surface area contributed by atoms with Crippen molar-refractivity contribution < 1.29 is 19.0 Å². The Balaban J connectivity index is 1.76. The molecule has 7 heteroatoms. The molecule has 6 nitrogen and oxygen atoms in total. The van der Waals surface area contributed by atoms with E-state index in [9.17, 15) is 14.3 Å². The summed E-state index contributed by atoms with van der Waals surface area (Å²) in [7, 11) is 1.59. The first kappa shape index (κ1) is 19.6. The Morgan fingerprint density at radius 3 is 2.79 bits per heavy atom. The maximum absolute atomic E-state index is 14.2. The van der Waals surface area contributed by atoms with E-state index in [1.54, 1.807) is 31.6 Å². The third-order valence-electron chi connectivity index (χ3n) is 4.18. The lowest BCUT2D eigenvalue weighted by molar-refractivity contribution is 0.0947. The number of pyridine rings is 2. The summed E-state index contributed by atoms with van der Waals surface area (Å²) >= 11 is 0. The molecule has 0 spiro atoms. The number of aliphatic hydroxyl groups excluding tert-OH is 1. The SMILES string of the molecule is COCc1ccc(CNC(=O)c2cc(-c3ncccc3CO)ccc2F)cn1. The molecule has 0 saturated heterocycles. The fraction of sp³-hybridized carbons (Fsp3) is 0.190. The van der Waals surface area contributed by atoms with Gasteiger partial charge in [0.15, 0.2) is 0 Å². The summed E-state index contributed by atoms with van der Waals surface area (Å²) < 4.78 is 19.2. The number of rotatable bonds is 7. The lowest BCUT2D eigenvalue weighted by Gasteiger charge is -2.10. The van der Waals surface area contributed by atoms with Gasteiger partial charge in [-0.05, 0) is 35.9 Å². The standard InChI is InChI=1S/C21H20FN3O3/c1-28-13-17-6-4-14(10-24-17)11-25-21(27)18-9-15(5-7-19(18)22)20-16(12-26)3-2-8-23-20/h2-10,26H,11-13H2,1H3,(H,25,27). The van der Waals surface area contributed by atoms with Gasteiger partial charge in [0.2, 0.25) is 0 Å². The van der Waals surface area contributed by atoms with Gasteiger partial charge in [-0.3, -0.25) is 14.8 Å². The van der Waals surface area contributed by atoms with E-state index in [2.05, 4.69) is 15.3 Å². The molecule has 2 heterocycles. The molecule has 0 aliphatic rings. The molecule has 0 atom stereocenters. The van der Waals surface area contributed by atoms with Crippen LogP contribution >= 0.6 is 0 Å². The van der Waals surface area contributed by atoms with Crippen LogP contribution in [0, 0.1) is 5.82 Å². The number of nitrogens with zero attached hydrogens (tertiary/aromatic N) is 2. The molecule has 0 aliphatic heterocycles. The number of amides is 1. The smallest absolute Gasteiger partial charge is 0.254 e. The van der Waals surface area contributed by atoms with Gasteiger partial charge in [0.25, 0.3) is 5.91 Å². The number of benzene rings is 1. The molecular weight excluding hydrogens is 361 g/mol. The second-order valence-corrected chi connectivity index (χ2v) is 6.14. The van der Waals surface area contributed by atoms with E-state index in [1.807, 2.05) is 12.1 Å². The predicted octanol–water partition coefficient (Wildman–Crippen LogP) is 2.85. The molecule has 2 aromatic heterocycles. The first-order valence-corrected chi connectivity index (χ1v) is 8.68. The molecule has 144 valence electrons. The van der Waals surface area contributed by atoms with Crippen molar-refractivity contribution >= 4 is 5.91 Å². The van der Waals surface area contributed by atoms with E-state index < -0.39 is 11.7 Å². The number of methoxy groups -OCH3 is 1.